The highest BCUT2D eigenvalue weighted by Crippen LogP contribution is 2.10. The summed E-state index contributed by atoms with van der Waals surface area (Å²) in [6.07, 6.45) is 1.27. The van der Waals surface area contributed by atoms with Crippen LogP contribution in [0.4, 0.5) is 0 Å². The summed E-state index contributed by atoms with van der Waals surface area (Å²) in [6, 6.07) is 0. The topological polar surface area (TPSA) is 62.3 Å². The summed E-state index contributed by atoms with van der Waals surface area (Å²) >= 11 is 0. The van der Waals surface area contributed by atoms with Crippen LogP contribution in [0.1, 0.15) is 20.3 Å². The van der Waals surface area contributed by atoms with Crippen molar-refractivity contribution in [1.29, 1.82) is 5.41 Å². The van der Waals surface area contributed by atoms with Crippen molar-refractivity contribution in [3.8, 4) is 0 Å². The van der Waals surface area contributed by atoms with Gasteiger partial charge in [-0.2, -0.15) is 0 Å². The predicted octanol–water partition coefficient (Wildman–Crippen LogP) is 0.422. The molecular formula is C9H19N3O. The minimum Gasteiger partial charge on any atom is -0.388 e. The molecule has 1 aliphatic rings. The van der Waals surface area contributed by atoms with E-state index in [0.29, 0.717) is 18.6 Å². The largest absolute Gasteiger partial charge is 0.388 e. The average Bonchev–Trinajstić information content (AvgIpc) is 1.99. The highest BCUT2D eigenvalue weighted by Gasteiger charge is 2.21. The zero-order valence-electron chi connectivity index (χ0n) is 8.42. The van der Waals surface area contributed by atoms with Crippen LogP contribution < -0.4 is 5.73 Å². The summed E-state index contributed by atoms with van der Waals surface area (Å²) in [5, 5.41) is 7.13. The Bertz CT molecular complexity index is 174. The molecule has 0 spiro atoms. The van der Waals surface area contributed by atoms with Gasteiger partial charge in [-0.1, -0.05) is 0 Å². The molecule has 0 aromatic rings. The van der Waals surface area contributed by atoms with Crippen LogP contribution in [0.15, 0.2) is 0 Å². The zero-order chi connectivity index (χ0) is 9.84. The Hall–Kier alpha value is -0.610. The lowest BCUT2D eigenvalue weighted by Crippen LogP contribution is -2.46. The maximum Gasteiger partial charge on any atom is 0.0918 e. The molecule has 0 aromatic heterocycles. The molecule has 0 bridgehead atoms. The van der Waals surface area contributed by atoms with Gasteiger partial charge < -0.3 is 10.5 Å². The van der Waals surface area contributed by atoms with E-state index in [-0.39, 0.29) is 5.84 Å². The maximum atomic E-state index is 7.13. The summed E-state index contributed by atoms with van der Waals surface area (Å²) in [5.74, 6) is 0.270. The van der Waals surface area contributed by atoms with E-state index in [1.54, 1.807) is 0 Å². The standard InChI is InChI=1S/C9H19N3O/c1-7-5-12(4-3-9(10)11)6-8(2)13-7/h7-8H,3-6H2,1-2H3,(H3,10,11)/t7-,8+. The third-order valence-electron chi connectivity index (χ3n) is 2.19. The van der Waals surface area contributed by atoms with Crippen molar-refractivity contribution in [2.75, 3.05) is 19.6 Å². The van der Waals surface area contributed by atoms with Gasteiger partial charge in [-0.15, -0.1) is 0 Å². The molecule has 2 atom stereocenters. The molecule has 0 aliphatic carbocycles. The summed E-state index contributed by atoms with van der Waals surface area (Å²) < 4.78 is 5.60. The molecular weight excluding hydrogens is 166 g/mol. The van der Waals surface area contributed by atoms with Crippen molar-refractivity contribution < 1.29 is 4.74 Å². The SMILES string of the molecule is C[C@@H]1CN(CCC(=N)N)C[C@H](C)O1. The predicted molar refractivity (Wildman–Crippen MR) is 53.0 cm³/mol. The number of rotatable bonds is 3. The lowest BCUT2D eigenvalue weighted by Gasteiger charge is -2.35. The van der Waals surface area contributed by atoms with E-state index in [1.165, 1.54) is 0 Å². The van der Waals surface area contributed by atoms with Crippen LogP contribution in [0, 0.1) is 5.41 Å². The monoisotopic (exact) mass is 185 g/mol. The molecule has 0 unspecified atom stereocenters. The van der Waals surface area contributed by atoms with Gasteiger partial charge in [0.1, 0.15) is 0 Å². The lowest BCUT2D eigenvalue weighted by molar-refractivity contribution is -0.0671. The Labute approximate surface area is 79.6 Å². The molecule has 1 rings (SSSR count). The van der Waals surface area contributed by atoms with Gasteiger partial charge in [0.25, 0.3) is 0 Å². The number of amidine groups is 1. The van der Waals surface area contributed by atoms with Crippen LogP contribution in [0.2, 0.25) is 0 Å². The molecule has 0 amide bonds. The van der Waals surface area contributed by atoms with Crippen LogP contribution in [-0.2, 0) is 4.74 Å². The fraction of sp³-hybridized carbons (Fsp3) is 0.889. The van der Waals surface area contributed by atoms with Crippen molar-refractivity contribution in [2.24, 2.45) is 5.73 Å². The van der Waals surface area contributed by atoms with Crippen molar-refractivity contribution in [3.63, 3.8) is 0 Å². The number of hydrogen-bond donors (Lipinski definition) is 2. The minimum absolute atomic E-state index is 0.270. The molecule has 0 aromatic carbocycles. The molecule has 0 saturated carbocycles. The second kappa shape index (κ2) is 4.58. The number of morpholine rings is 1. The van der Waals surface area contributed by atoms with Crippen molar-refractivity contribution in [2.45, 2.75) is 32.5 Å². The molecule has 1 aliphatic heterocycles. The van der Waals surface area contributed by atoms with Crippen LogP contribution in [0.25, 0.3) is 0 Å². The van der Waals surface area contributed by atoms with Crippen molar-refractivity contribution >= 4 is 5.84 Å². The quantitative estimate of drug-likeness (QED) is 0.495. The summed E-state index contributed by atoms with van der Waals surface area (Å²) in [4.78, 5) is 2.31. The van der Waals surface area contributed by atoms with Crippen molar-refractivity contribution in [3.05, 3.63) is 0 Å². The molecule has 76 valence electrons. The molecule has 4 nitrogen and oxygen atoms in total. The Morgan fingerprint density at radius 1 is 1.46 bits per heavy atom. The average molecular weight is 185 g/mol. The van der Waals surface area contributed by atoms with Crippen LogP contribution in [0.5, 0.6) is 0 Å². The first-order valence-corrected chi connectivity index (χ1v) is 4.78. The van der Waals surface area contributed by atoms with Crippen molar-refractivity contribution in [1.82, 2.24) is 4.90 Å². The molecule has 0 radical (unpaired) electrons. The van der Waals surface area contributed by atoms with Gasteiger partial charge in [-0.3, -0.25) is 10.3 Å². The van der Waals surface area contributed by atoms with Gasteiger partial charge in [-0.05, 0) is 13.8 Å². The highest BCUT2D eigenvalue weighted by atomic mass is 16.5. The molecule has 3 N–H and O–H groups in total. The van der Waals surface area contributed by atoms with Gasteiger partial charge >= 0.3 is 0 Å². The fourth-order valence-electron chi connectivity index (χ4n) is 1.75. The minimum atomic E-state index is 0.270. The van der Waals surface area contributed by atoms with E-state index in [9.17, 15) is 0 Å². The normalized spacial score (nSPS) is 30.3. The lowest BCUT2D eigenvalue weighted by atomic mass is 10.2. The van der Waals surface area contributed by atoms with E-state index < -0.39 is 0 Å². The first kappa shape index (κ1) is 10.5. The van der Waals surface area contributed by atoms with E-state index >= 15 is 0 Å². The van der Waals surface area contributed by atoms with E-state index in [4.69, 9.17) is 15.9 Å². The van der Waals surface area contributed by atoms with Gasteiger partial charge in [0, 0.05) is 26.1 Å². The Balaban J connectivity index is 2.28. The van der Waals surface area contributed by atoms with E-state index in [1.807, 2.05) is 0 Å². The Kier molecular flexibility index (Phi) is 3.69. The third kappa shape index (κ3) is 3.74. The second-order valence-electron chi connectivity index (χ2n) is 3.79. The number of nitrogens with zero attached hydrogens (tertiary/aromatic N) is 1. The van der Waals surface area contributed by atoms with Crippen LogP contribution >= 0.6 is 0 Å². The molecule has 4 heteroatoms. The van der Waals surface area contributed by atoms with Crippen LogP contribution in [0.3, 0.4) is 0 Å². The summed E-state index contributed by atoms with van der Waals surface area (Å²) in [7, 11) is 0. The Morgan fingerprint density at radius 3 is 2.46 bits per heavy atom. The molecule has 1 fully saturated rings. The number of nitrogens with two attached hydrogens (primary N) is 1. The Morgan fingerprint density at radius 2 is 2.00 bits per heavy atom. The first-order chi connectivity index (χ1) is 6.08. The maximum absolute atomic E-state index is 7.13. The third-order valence-corrected chi connectivity index (χ3v) is 2.19. The van der Waals surface area contributed by atoms with Gasteiger partial charge in [0.15, 0.2) is 0 Å². The van der Waals surface area contributed by atoms with Gasteiger partial charge in [0.2, 0.25) is 0 Å². The second-order valence-corrected chi connectivity index (χ2v) is 3.79. The van der Waals surface area contributed by atoms with Crippen LogP contribution in [-0.4, -0.2) is 42.6 Å². The number of nitrogens with one attached hydrogen (secondary N) is 1. The summed E-state index contributed by atoms with van der Waals surface area (Å²) in [5.41, 5.74) is 5.30. The van der Waals surface area contributed by atoms with Gasteiger partial charge in [-0.25, -0.2) is 0 Å². The van der Waals surface area contributed by atoms with E-state index in [0.717, 1.165) is 19.6 Å². The fourth-order valence-corrected chi connectivity index (χ4v) is 1.75. The summed E-state index contributed by atoms with van der Waals surface area (Å²) in [6.45, 7) is 6.95. The number of hydrogen-bond acceptors (Lipinski definition) is 3. The first-order valence-electron chi connectivity index (χ1n) is 4.78. The van der Waals surface area contributed by atoms with E-state index in [2.05, 4.69) is 18.7 Å². The molecule has 1 saturated heterocycles. The zero-order valence-corrected chi connectivity index (χ0v) is 8.42. The highest BCUT2D eigenvalue weighted by molar-refractivity contribution is 5.76. The smallest absolute Gasteiger partial charge is 0.0918 e. The van der Waals surface area contributed by atoms with Gasteiger partial charge in [0.05, 0.1) is 18.0 Å². The number of ether oxygens (including phenoxy) is 1. The molecule has 13 heavy (non-hydrogen) atoms. The molecule has 1 heterocycles.